The summed E-state index contributed by atoms with van der Waals surface area (Å²) < 4.78 is 0. The number of amides is 1. The van der Waals surface area contributed by atoms with Crippen molar-refractivity contribution in [3.8, 4) is 0 Å². The zero-order valence-electron chi connectivity index (χ0n) is 13.1. The third-order valence-corrected chi connectivity index (χ3v) is 4.76. The summed E-state index contributed by atoms with van der Waals surface area (Å²) in [4.78, 5) is 24.6. The molecule has 1 N–H and O–H groups in total. The molecule has 2 aromatic heterocycles. The smallest absolute Gasteiger partial charge is 0.241 e. The van der Waals surface area contributed by atoms with Gasteiger partial charge < -0.3 is 10.2 Å². The molecule has 21 heavy (non-hydrogen) atoms. The van der Waals surface area contributed by atoms with Gasteiger partial charge in [0.25, 0.3) is 0 Å². The van der Waals surface area contributed by atoms with E-state index in [-0.39, 0.29) is 12.5 Å². The number of hydrogen-bond acceptors (Lipinski definition) is 5. The van der Waals surface area contributed by atoms with Gasteiger partial charge in [0.2, 0.25) is 5.91 Å². The maximum Gasteiger partial charge on any atom is 0.241 e. The van der Waals surface area contributed by atoms with E-state index in [2.05, 4.69) is 36.1 Å². The third kappa shape index (κ3) is 3.50. The van der Waals surface area contributed by atoms with Gasteiger partial charge in [-0.15, -0.1) is 11.3 Å². The summed E-state index contributed by atoms with van der Waals surface area (Å²) in [6, 6.07) is 0. The quantitative estimate of drug-likeness (QED) is 0.891. The van der Waals surface area contributed by atoms with E-state index in [1.807, 2.05) is 7.05 Å². The average molecular weight is 306 g/mol. The molecule has 0 aliphatic carbocycles. The Morgan fingerprint density at radius 3 is 2.86 bits per heavy atom. The second-order valence-electron chi connectivity index (χ2n) is 5.21. The highest BCUT2D eigenvalue weighted by Crippen LogP contribution is 2.32. The van der Waals surface area contributed by atoms with E-state index in [0.29, 0.717) is 0 Å². The molecule has 1 amide bonds. The lowest BCUT2D eigenvalue weighted by Gasteiger charge is -2.17. The first-order chi connectivity index (χ1) is 10.0. The van der Waals surface area contributed by atoms with Crippen LogP contribution in [-0.2, 0) is 4.79 Å². The van der Waals surface area contributed by atoms with Gasteiger partial charge in [0, 0.05) is 18.5 Å². The van der Waals surface area contributed by atoms with Crippen molar-refractivity contribution < 1.29 is 4.79 Å². The molecule has 0 unspecified atom stereocenters. The molecule has 0 aliphatic heterocycles. The Bertz CT molecular complexity index is 638. The standard InChI is InChI=1S/C15H22N4OS/c1-5-6-7-19(4)12(20)8-16-14-13-10(2)11(3)21-15(13)18-9-17-14/h9H,5-8H2,1-4H3,(H,16,17,18). The number of thiophene rings is 1. The van der Waals surface area contributed by atoms with Gasteiger partial charge in [-0.1, -0.05) is 13.3 Å². The van der Waals surface area contributed by atoms with E-state index in [1.165, 1.54) is 10.4 Å². The number of aryl methyl sites for hydroxylation is 2. The average Bonchev–Trinajstić information content (AvgIpc) is 2.77. The fraction of sp³-hybridized carbons (Fsp3) is 0.533. The lowest BCUT2D eigenvalue weighted by molar-refractivity contribution is -0.128. The number of nitrogens with one attached hydrogen (secondary N) is 1. The number of carbonyl (C=O) groups excluding carboxylic acids is 1. The lowest BCUT2D eigenvalue weighted by Crippen LogP contribution is -2.33. The molecular weight excluding hydrogens is 284 g/mol. The molecule has 0 spiro atoms. The molecule has 0 saturated carbocycles. The minimum atomic E-state index is 0.0832. The predicted molar refractivity (Wildman–Crippen MR) is 87.9 cm³/mol. The summed E-state index contributed by atoms with van der Waals surface area (Å²) in [6.07, 6.45) is 3.67. The molecule has 114 valence electrons. The number of hydrogen-bond donors (Lipinski definition) is 1. The Balaban J connectivity index is 2.08. The van der Waals surface area contributed by atoms with Gasteiger partial charge >= 0.3 is 0 Å². The highest BCUT2D eigenvalue weighted by Gasteiger charge is 2.13. The molecule has 0 radical (unpaired) electrons. The summed E-state index contributed by atoms with van der Waals surface area (Å²) in [5.74, 6) is 0.832. The number of carbonyl (C=O) groups is 1. The van der Waals surface area contributed by atoms with Gasteiger partial charge in [-0.2, -0.15) is 0 Å². The van der Waals surface area contributed by atoms with E-state index >= 15 is 0 Å². The molecule has 0 bridgehead atoms. The van der Waals surface area contributed by atoms with Crippen LogP contribution in [0.5, 0.6) is 0 Å². The Hall–Kier alpha value is -1.69. The molecule has 2 aromatic rings. The van der Waals surface area contributed by atoms with Gasteiger partial charge in [0.1, 0.15) is 17.0 Å². The molecule has 0 aliphatic rings. The maximum atomic E-state index is 12.1. The van der Waals surface area contributed by atoms with Crippen LogP contribution in [0.4, 0.5) is 5.82 Å². The highest BCUT2D eigenvalue weighted by atomic mass is 32.1. The van der Waals surface area contributed by atoms with E-state index in [1.54, 1.807) is 22.6 Å². The summed E-state index contributed by atoms with van der Waals surface area (Å²) in [5, 5.41) is 4.19. The predicted octanol–water partition coefficient (Wildman–Crippen LogP) is 2.98. The number of rotatable bonds is 6. The number of anilines is 1. The van der Waals surface area contributed by atoms with Crippen LogP contribution < -0.4 is 5.32 Å². The van der Waals surface area contributed by atoms with Crippen LogP contribution in [0.1, 0.15) is 30.2 Å². The van der Waals surface area contributed by atoms with E-state index < -0.39 is 0 Å². The summed E-state index contributed by atoms with van der Waals surface area (Å²) in [6.45, 7) is 7.33. The van der Waals surface area contributed by atoms with E-state index in [9.17, 15) is 4.79 Å². The normalized spacial score (nSPS) is 10.9. The molecule has 0 fully saturated rings. The zero-order chi connectivity index (χ0) is 15.4. The summed E-state index contributed by atoms with van der Waals surface area (Å²) in [5.41, 5.74) is 1.19. The topological polar surface area (TPSA) is 58.1 Å². The van der Waals surface area contributed by atoms with Crippen LogP contribution in [-0.4, -0.2) is 40.9 Å². The van der Waals surface area contributed by atoms with Crippen LogP contribution in [0.25, 0.3) is 10.2 Å². The van der Waals surface area contributed by atoms with Crippen LogP contribution in [0.3, 0.4) is 0 Å². The van der Waals surface area contributed by atoms with Gasteiger partial charge in [-0.3, -0.25) is 4.79 Å². The Labute approximate surface area is 129 Å². The number of likely N-dealkylation sites (N-methyl/N-ethyl adjacent to an activating group) is 1. The Morgan fingerprint density at radius 2 is 2.14 bits per heavy atom. The highest BCUT2D eigenvalue weighted by molar-refractivity contribution is 7.18. The van der Waals surface area contributed by atoms with Gasteiger partial charge in [-0.25, -0.2) is 9.97 Å². The maximum absolute atomic E-state index is 12.1. The number of fused-ring (bicyclic) bond motifs is 1. The fourth-order valence-electron chi connectivity index (χ4n) is 2.13. The van der Waals surface area contributed by atoms with Crippen molar-refractivity contribution in [3.05, 3.63) is 16.8 Å². The van der Waals surface area contributed by atoms with Crippen molar-refractivity contribution in [2.75, 3.05) is 25.5 Å². The first-order valence-corrected chi connectivity index (χ1v) is 8.04. The number of unbranched alkanes of at least 4 members (excludes halogenated alkanes) is 1. The first kappa shape index (κ1) is 15.7. The minimum Gasteiger partial charge on any atom is -0.360 e. The molecule has 5 nitrogen and oxygen atoms in total. The summed E-state index contributed by atoms with van der Waals surface area (Å²) >= 11 is 1.66. The summed E-state index contributed by atoms with van der Waals surface area (Å²) in [7, 11) is 1.84. The van der Waals surface area contributed by atoms with E-state index in [4.69, 9.17) is 0 Å². The first-order valence-electron chi connectivity index (χ1n) is 7.23. The molecule has 6 heteroatoms. The number of aromatic nitrogens is 2. The SMILES string of the molecule is CCCCN(C)C(=O)CNc1ncnc2sc(C)c(C)c12. The van der Waals surface area contributed by atoms with Gasteiger partial charge in [-0.05, 0) is 25.8 Å². The van der Waals surface area contributed by atoms with E-state index in [0.717, 1.165) is 35.4 Å². The van der Waals surface area contributed by atoms with Crippen molar-refractivity contribution in [1.29, 1.82) is 0 Å². The molecule has 0 aromatic carbocycles. The lowest BCUT2D eigenvalue weighted by atomic mass is 10.2. The Kier molecular flexibility index (Phi) is 5.12. The van der Waals surface area contributed by atoms with Crippen LogP contribution in [0.2, 0.25) is 0 Å². The second-order valence-corrected chi connectivity index (χ2v) is 6.41. The third-order valence-electron chi connectivity index (χ3n) is 3.65. The van der Waals surface area contributed by atoms with Crippen molar-refractivity contribution in [2.24, 2.45) is 0 Å². The monoisotopic (exact) mass is 306 g/mol. The number of nitrogens with zero attached hydrogens (tertiary/aromatic N) is 3. The zero-order valence-corrected chi connectivity index (χ0v) is 13.9. The van der Waals surface area contributed by atoms with Gasteiger partial charge in [0.05, 0.1) is 11.9 Å². The van der Waals surface area contributed by atoms with Crippen LogP contribution in [0.15, 0.2) is 6.33 Å². The van der Waals surface area contributed by atoms with Crippen molar-refractivity contribution >= 4 is 33.3 Å². The minimum absolute atomic E-state index is 0.0832. The fourth-order valence-corrected chi connectivity index (χ4v) is 3.13. The Morgan fingerprint density at radius 1 is 1.38 bits per heavy atom. The van der Waals surface area contributed by atoms with Crippen molar-refractivity contribution in [2.45, 2.75) is 33.6 Å². The van der Waals surface area contributed by atoms with Crippen LogP contribution >= 0.6 is 11.3 Å². The second kappa shape index (κ2) is 6.85. The van der Waals surface area contributed by atoms with Gasteiger partial charge in [0.15, 0.2) is 0 Å². The molecule has 0 atom stereocenters. The largest absolute Gasteiger partial charge is 0.360 e. The molecule has 0 saturated heterocycles. The van der Waals surface area contributed by atoms with Crippen molar-refractivity contribution in [3.63, 3.8) is 0 Å². The van der Waals surface area contributed by atoms with Crippen LogP contribution in [0, 0.1) is 13.8 Å². The molecule has 2 rings (SSSR count). The van der Waals surface area contributed by atoms with Crippen molar-refractivity contribution in [1.82, 2.24) is 14.9 Å². The molecular formula is C15H22N4OS. The molecule has 2 heterocycles.